The number of nitrogens with one attached hydrogen (secondary N) is 1. The van der Waals surface area contributed by atoms with Gasteiger partial charge >= 0.3 is 5.97 Å². The number of methoxy groups -OCH3 is 2. The third kappa shape index (κ3) is 6.82. The van der Waals surface area contributed by atoms with E-state index in [0.717, 1.165) is 10.6 Å². The number of amides is 1. The van der Waals surface area contributed by atoms with E-state index >= 15 is 0 Å². The van der Waals surface area contributed by atoms with E-state index in [1.807, 2.05) is 24.3 Å². The van der Waals surface area contributed by atoms with Crippen molar-refractivity contribution in [2.75, 3.05) is 26.6 Å². The molecule has 1 atom stereocenters. The molecule has 1 amide bonds. The van der Waals surface area contributed by atoms with Gasteiger partial charge in [0.1, 0.15) is 11.8 Å². The van der Waals surface area contributed by atoms with E-state index in [2.05, 4.69) is 5.32 Å². The highest BCUT2D eigenvalue weighted by atomic mass is 32.2. The molecule has 22 heavy (non-hydrogen) atoms. The lowest BCUT2D eigenvalue weighted by atomic mass is 10.2. The lowest BCUT2D eigenvalue weighted by molar-refractivity contribution is -0.142. The van der Waals surface area contributed by atoms with Gasteiger partial charge in [0.05, 0.1) is 7.11 Å². The van der Waals surface area contributed by atoms with Crippen molar-refractivity contribution in [3.8, 4) is 5.75 Å². The minimum absolute atomic E-state index is 0.253. The molecule has 0 aliphatic heterocycles. The molecule has 0 radical (unpaired) electrons. The Morgan fingerprint density at radius 3 is 2.50 bits per heavy atom. The van der Waals surface area contributed by atoms with Gasteiger partial charge in [-0.05, 0) is 24.3 Å². The Balaban J connectivity index is 2.33. The highest BCUT2D eigenvalue weighted by Crippen LogP contribution is 2.21. The van der Waals surface area contributed by atoms with Crippen LogP contribution < -0.4 is 10.1 Å². The van der Waals surface area contributed by atoms with Gasteiger partial charge < -0.3 is 19.9 Å². The van der Waals surface area contributed by atoms with Crippen molar-refractivity contribution >= 4 is 23.6 Å². The van der Waals surface area contributed by atoms with Gasteiger partial charge in [0, 0.05) is 37.2 Å². The Hall–Kier alpha value is -1.73. The molecule has 7 heteroatoms. The first-order valence-corrected chi connectivity index (χ1v) is 7.83. The van der Waals surface area contributed by atoms with Crippen LogP contribution in [0.15, 0.2) is 29.2 Å². The van der Waals surface area contributed by atoms with Gasteiger partial charge in [-0.2, -0.15) is 0 Å². The van der Waals surface area contributed by atoms with Gasteiger partial charge in [0.2, 0.25) is 5.91 Å². The molecule has 0 saturated carbocycles. The van der Waals surface area contributed by atoms with Crippen molar-refractivity contribution in [3.63, 3.8) is 0 Å². The Morgan fingerprint density at radius 2 is 1.95 bits per heavy atom. The quantitative estimate of drug-likeness (QED) is 0.637. The Bertz CT molecular complexity index is 477. The lowest BCUT2D eigenvalue weighted by Crippen LogP contribution is -2.41. The molecule has 1 aromatic rings. The van der Waals surface area contributed by atoms with Crippen LogP contribution in [0.2, 0.25) is 0 Å². The van der Waals surface area contributed by atoms with Crippen LogP contribution in [0.5, 0.6) is 5.75 Å². The molecule has 1 rings (SSSR count). The van der Waals surface area contributed by atoms with Gasteiger partial charge in [0.25, 0.3) is 0 Å². The zero-order chi connectivity index (χ0) is 16.4. The summed E-state index contributed by atoms with van der Waals surface area (Å²) >= 11 is 1.53. The third-order valence-electron chi connectivity index (χ3n) is 2.90. The summed E-state index contributed by atoms with van der Waals surface area (Å²) < 4.78 is 9.90. The molecule has 0 aliphatic rings. The Labute approximate surface area is 134 Å². The fourth-order valence-electron chi connectivity index (χ4n) is 1.69. The van der Waals surface area contributed by atoms with Crippen LogP contribution in [-0.4, -0.2) is 49.6 Å². The van der Waals surface area contributed by atoms with Crippen LogP contribution in [0.3, 0.4) is 0 Å². The molecule has 0 bridgehead atoms. The topological polar surface area (TPSA) is 84.9 Å². The van der Waals surface area contributed by atoms with Crippen LogP contribution >= 0.6 is 11.8 Å². The summed E-state index contributed by atoms with van der Waals surface area (Å²) in [5.74, 6) is 0.0386. The Morgan fingerprint density at radius 1 is 1.27 bits per heavy atom. The first-order valence-electron chi connectivity index (χ1n) is 6.84. The molecule has 0 spiro atoms. The highest BCUT2D eigenvalue weighted by Gasteiger charge is 2.19. The summed E-state index contributed by atoms with van der Waals surface area (Å²) in [4.78, 5) is 23.8. The van der Waals surface area contributed by atoms with Gasteiger partial charge in [-0.3, -0.25) is 4.79 Å². The van der Waals surface area contributed by atoms with Crippen molar-refractivity contribution in [1.29, 1.82) is 0 Å². The molecule has 1 unspecified atom stereocenters. The fourth-order valence-corrected chi connectivity index (χ4v) is 2.54. The van der Waals surface area contributed by atoms with Gasteiger partial charge in [-0.15, -0.1) is 11.8 Å². The smallest absolute Gasteiger partial charge is 0.326 e. The average molecular weight is 327 g/mol. The Kier molecular flexibility index (Phi) is 8.39. The number of aliphatic carboxylic acids is 1. The number of rotatable bonds is 10. The maximum Gasteiger partial charge on any atom is 0.326 e. The summed E-state index contributed by atoms with van der Waals surface area (Å²) in [6.07, 6.45) is 0.511. The van der Waals surface area contributed by atoms with Crippen LogP contribution in [0.4, 0.5) is 0 Å². The van der Waals surface area contributed by atoms with Gasteiger partial charge in [-0.1, -0.05) is 0 Å². The van der Waals surface area contributed by atoms with Crippen molar-refractivity contribution in [2.24, 2.45) is 0 Å². The molecule has 0 fully saturated rings. The van der Waals surface area contributed by atoms with Crippen LogP contribution in [0.1, 0.15) is 12.8 Å². The predicted molar refractivity (Wildman–Crippen MR) is 84.4 cm³/mol. The summed E-state index contributed by atoms with van der Waals surface area (Å²) in [5.41, 5.74) is 0. The summed E-state index contributed by atoms with van der Waals surface area (Å²) in [5, 5.41) is 11.5. The number of carboxylic acids is 1. The summed E-state index contributed by atoms with van der Waals surface area (Å²) in [6, 6.07) is 6.64. The monoisotopic (exact) mass is 327 g/mol. The van der Waals surface area contributed by atoms with E-state index in [1.54, 1.807) is 7.11 Å². The zero-order valence-corrected chi connectivity index (χ0v) is 13.5. The molecule has 0 saturated heterocycles. The van der Waals surface area contributed by atoms with E-state index in [1.165, 1.54) is 18.9 Å². The predicted octanol–water partition coefficient (Wildman–Crippen LogP) is 1.78. The van der Waals surface area contributed by atoms with Crippen molar-refractivity contribution < 1.29 is 24.2 Å². The lowest BCUT2D eigenvalue weighted by Gasteiger charge is -2.13. The van der Waals surface area contributed by atoms with E-state index in [9.17, 15) is 9.59 Å². The molecule has 1 aromatic carbocycles. The van der Waals surface area contributed by atoms with E-state index in [4.69, 9.17) is 14.6 Å². The second-order valence-corrected chi connectivity index (χ2v) is 5.68. The van der Waals surface area contributed by atoms with Gasteiger partial charge in [0.15, 0.2) is 0 Å². The number of hydrogen-bond donors (Lipinski definition) is 2. The number of benzene rings is 1. The molecule has 0 aromatic heterocycles. The van der Waals surface area contributed by atoms with Crippen LogP contribution in [-0.2, 0) is 14.3 Å². The van der Waals surface area contributed by atoms with Crippen molar-refractivity contribution in [2.45, 2.75) is 23.8 Å². The fraction of sp³-hybridized carbons (Fsp3) is 0.467. The SMILES string of the molecule is COCCC(NC(=O)CCSc1ccc(OC)cc1)C(=O)O. The van der Waals surface area contributed by atoms with E-state index < -0.39 is 12.0 Å². The largest absolute Gasteiger partial charge is 0.497 e. The van der Waals surface area contributed by atoms with Crippen molar-refractivity contribution in [3.05, 3.63) is 24.3 Å². The normalized spacial score (nSPS) is 11.7. The van der Waals surface area contributed by atoms with Crippen molar-refractivity contribution in [1.82, 2.24) is 5.32 Å². The summed E-state index contributed by atoms with van der Waals surface area (Å²) in [6.45, 7) is 0.290. The second-order valence-electron chi connectivity index (χ2n) is 4.51. The molecule has 2 N–H and O–H groups in total. The third-order valence-corrected chi connectivity index (χ3v) is 3.91. The standard InChI is InChI=1S/C15H21NO5S/c1-20-9-7-13(15(18)19)16-14(17)8-10-22-12-5-3-11(21-2)4-6-12/h3-6,13H,7-10H2,1-2H3,(H,16,17)(H,18,19). The maximum atomic E-state index is 11.8. The molecular weight excluding hydrogens is 306 g/mol. The molecule has 0 aliphatic carbocycles. The second kappa shape index (κ2) is 10.1. The number of ether oxygens (including phenoxy) is 2. The summed E-state index contributed by atoms with van der Waals surface area (Å²) in [7, 11) is 3.10. The molecule has 122 valence electrons. The minimum Gasteiger partial charge on any atom is -0.497 e. The number of hydrogen-bond acceptors (Lipinski definition) is 5. The molecule has 0 heterocycles. The zero-order valence-electron chi connectivity index (χ0n) is 12.7. The first kappa shape index (κ1) is 18.3. The number of carbonyl (C=O) groups is 2. The maximum absolute atomic E-state index is 11.8. The minimum atomic E-state index is -1.05. The van der Waals surface area contributed by atoms with E-state index in [0.29, 0.717) is 5.75 Å². The molecular formula is C15H21NO5S. The van der Waals surface area contributed by atoms with Crippen LogP contribution in [0.25, 0.3) is 0 Å². The van der Waals surface area contributed by atoms with Gasteiger partial charge in [-0.25, -0.2) is 4.79 Å². The van der Waals surface area contributed by atoms with E-state index in [-0.39, 0.29) is 25.4 Å². The molecule has 6 nitrogen and oxygen atoms in total. The number of carbonyl (C=O) groups excluding carboxylic acids is 1. The van der Waals surface area contributed by atoms with Crippen LogP contribution in [0, 0.1) is 0 Å². The highest BCUT2D eigenvalue weighted by molar-refractivity contribution is 7.99. The number of carboxylic acid groups (broad SMARTS) is 1. The number of thioether (sulfide) groups is 1. The first-order chi connectivity index (χ1) is 10.6. The average Bonchev–Trinajstić information content (AvgIpc) is 2.51.